The van der Waals surface area contributed by atoms with Gasteiger partial charge in [0.2, 0.25) is 0 Å². The molecule has 0 aliphatic rings. The summed E-state index contributed by atoms with van der Waals surface area (Å²) in [7, 11) is 1.37. The van der Waals surface area contributed by atoms with Gasteiger partial charge >= 0.3 is 5.97 Å². The number of esters is 1. The van der Waals surface area contributed by atoms with Crippen LogP contribution in [0.1, 0.15) is 19.7 Å². The van der Waals surface area contributed by atoms with Gasteiger partial charge in [-0.3, -0.25) is 9.78 Å². The van der Waals surface area contributed by atoms with Gasteiger partial charge in [-0.15, -0.1) is 0 Å². The lowest BCUT2D eigenvalue weighted by Crippen LogP contribution is -2.31. The largest absolute Gasteiger partial charge is 0.468 e. The van der Waals surface area contributed by atoms with E-state index in [0.29, 0.717) is 5.82 Å². The number of nitrogens with one attached hydrogen (secondary N) is 1. The SMILES string of the molecule is COC(=O)C(C)(C)c1ncc(-c2cccnc2)[nH]1. The number of carbonyl (C=O) groups is 1. The third kappa shape index (κ3) is 2.11. The average Bonchev–Trinajstić information content (AvgIpc) is 2.89. The molecule has 2 aromatic heterocycles. The molecule has 94 valence electrons. The van der Waals surface area contributed by atoms with E-state index < -0.39 is 5.41 Å². The van der Waals surface area contributed by atoms with Crippen LogP contribution in [0.5, 0.6) is 0 Å². The van der Waals surface area contributed by atoms with Gasteiger partial charge in [0.25, 0.3) is 0 Å². The summed E-state index contributed by atoms with van der Waals surface area (Å²) in [5, 5.41) is 0. The molecule has 0 radical (unpaired) electrons. The molecule has 0 aliphatic heterocycles. The van der Waals surface area contributed by atoms with E-state index in [-0.39, 0.29) is 5.97 Å². The van der Waals surface area contributed by atoms with Crippen LogP contribution in [0.25, 0.3) is 11.3 Å². The number of hydrogen-bond donors (Lipinski definition) is 1. The van der Waals surface area contributed by atoms with Gasteiger partial charge in [-0.1, -0.05) is 0 Å². The average molecular weight is 245 g/mol. The number of aromatic amines is 1. The Morgan fingerprint density at radius 3 is 2.78 bits per heavy atom. The van der Waals surface area contributed by atoms with E-state index in [2.05, 4.69) is 15.0 Å². The first-order valence-corrected chi connectivity index (χ1v) is 5.60. The number of ether oxygens (including phenoxy) is 1. The molecule has 1 N–H and O–H groups in total. The van der Waals surface area contributed by atoms with Crippen molar-refractivity contribution >= 4 is 5.97 Å². The highest BCUT2D eigenvalue weighted by atomic mass is 16.5. The Balaban J connectivity index is 2.34. The molecule has 0 fully saturated rings. The summed E-state index contributed by atoms with van der Waals surface area (Å²) in [6, 6.07) is 3.77. The van der Waals surface area contributed by atoms with Crippen molar-refractivity contribution < 1.29 is 9.53 Å². The monoisotopic (exact) mass is 245 g/mol. The maximum atomic E-state index is 11.7. The van der Waals surface area contributed by atoms with Crippen LogP contribution in [0.3, 0.4) is 0 Å². The van der Waals surface area contributed by atoms with E-state index in [1.54, 1.807) is 32.4 Å². The summed E-state index contributed by atoms with van der Waals surface area (Å²) >= 11 is 0. The van der Waals surface area contributed by atoms with Crippen LogP contribution in [0.2, 0.25) is 0 Å². The van der Waals surface area contributed by atoms with Crippen molar-refractivity contribution in [1.82, 2.24) is 15.0 Å². The molecule has 0 saturated carbocycles. The summed E-state index contributed by atoms with van der Waals surface area (Å²) in [6.45, 7) is 3.54. The second kappa shape index (κ2) is 4.60. The zero-order valence-electron chi connectivity index (χ0n) is 10.6. The van der Waals surface area contributed by atoms with Gasteiger partial charge in [-0.05, 0) is 26.0 Å². The smallest absolute Gasteiger partial charge is 0.318 e. The van der Waals surface area contributed by atoms with E-state index >= 15 is 0 Å². The number of rotatable bonds is 3. The van der Waals surface area contributed by atoms with E-state index in [1.807, 2.05) is 12.1 Å². The zero-order valence-corrected chi connectivity index (χ0v) is 10.6. The number of imidazole rings is 1. The number of hydrogen-bond acceptors (Lipinski definition) is 4. The number of aromatic nitrogens is 3. The van der Waals surface area contributed by atoms with Crippen LogP contribution < -0.4 is 0 Å². The predicted octanol–water partition coefficient (Wildman–Crippen LogP) is 1.92. The molecule has 5 heteroatoms. The number of methoxy groups -OCH3 is 1. The van der Waals surface area contributed by atoms with Gasteiger partial charge in [-0.25, -0.2) is 4.98 Å². The minimum Gasteiger partial charge on any atom is -0.468 e. The van der Waals surface area contributed by atoms with Crippen LogP contribution in [0.15, 0.2) is 30.7 Å². The fourth-order valence-electron chi connectivity index (χ4n) is 1.66. The first kappa shape index (κ1) is 12.3. The lowest BCUT2D eigenvalue weighted by atomic mass is 9.93. The van der Waals surface area contributed by atoms with Crippen molar-refractivity contribution in [3.05, 3.63) is 36.5 Å². The Morgan fingerprint density at radius 1 is 1.39 bits per heavy atom. The molecule has 5 nitrogen and oxygen atoms in total. The number of H-pyrrole nitrogens is 1. The highest BCUT2D eigenvalue weighted by molar-refractivity contribution is 5.81. The van der Waals surface area contributed by atoms with Crippen molar-refractivity contribution in [2.45, 2.75) is 19.3 Å². The van der Waals surface area contributed by atoms with Crippen molar-refractivity contribution in [1.29, 1.82) is 0 Å². The molecule has 2 heterocycles. The quantitative estimate of drug-likeness (QED) is 0.839. The second-order valence-electron chi connectivity index (χ2n) is 4.50. The molecule has 0 amide bonds. The van der Waals surface area contributed by atoms with Gasteiger partial charge < -0.3 is 9.72 Å². The fourth-order valence-corrected chi connectivity index (χ4v) is 1.66. The summed E-state index contributed by atoms with van der Waals surface area (Å²) in [6.07, 6.45) is 5.14. The van der Waals surface area contributed by atoms with Gasteiger partial charge in [0.05, 0.1) is 19.0 Å². The molecule has 2 rings (SSSR count). The molecular weight excluding hydrogens is 230 g/mol. The van der Waals surface area contributed by atoms with Crippen LogP contribution in [0.4, 0.5) is 0 Å². The van der Waals surface area contributed by atoms with Crippen molar-refractivity contribution in [2.24, 2.45) is 0 Å². The molecule has 0 unspecified atom stereocenters. The summed E-state index contributed by atoms with van der Waals surface area (Å²) < 4.78 is 4.77. The van der Waals surface area contributed by atoms with Crippen molar-refractivity contribution in [3.8, 4) is 11.3 Å². The number of pyridine rings is 1. The van der Waals surface area contributed by atoms with Crippen LogP contribution >= 0.6 is 0 Å². The lowest BCUT2D eigenvalue weighted by molar-refractivity contribution is -0.146. The molecule has 0 bridgehead atoms. The van der Waals surface area contributed by atoms with E-state index in [4.69, 9.17) is 4.74 Å². The first-order valence-electron chi connectivity index (χ1n) is 5.60. The molecule has 0 saturated heterocycles. The predicted molar refractivity (Wildman–Crippen MR) is 66.9 cm³/mol. The summed E-state index contributed by atoms with van der Waals surface area (Å²) in [5.41, 5.74) is 0.960. The van der Waals surface area contributed by atoms with Crippen LogP contribution in [-0.2, 0) is 14.9 Å². The van der Waals surface area contributed by atoms with Gasteiger partial charge in [0.1, 0.15) is 11.2 Å². The standard InChI is InChI=1S/C13H15N3O2/c1-13(2,12(17)18-3)11-15-8-10(16-11)9-5-4-6-14-7-9/h4-8H,1-3H3,(H,15,16). The third-order valence-corrected chi connectivity index (χ3v) is 2.84. The third-order valence-electron chi connectivity index (χ3n) is 2.84. The molecule has 18 heavy (non-hydrogen) atoms. The van der Waals surface area contributed by atoms with Gasteiger partial charge in [0.15, 0.2) is 0 Å². The maximum Gasteiger partial charge on any atom is 0.318 e. The minimum absolute atomic E-state index is 0.324. The van der Waals surface area contributed by atoms with Gasteiger partial charge in [0, 0.05) is 18.0 Å². The van der Waals surface area contributed by atoms with Crippen molar-refractivity contribution in [3.63, 3.8) is 0 Å². The number of carbonyl (C=O) groups excluding carboxylic acids is 1. The summed E-state index contributed by atoms with van der Waals surface area (Å²) in [4.78, 5) is 23.1. The Bertz CT molecular complexity index is 546. The molecule has 0 spiro atoms. The fraction of sp³-hybridized carbons (Fsp3) is 0.308. The van der Waals surface area contributed by atoms with Crippen LogP contribution in [-0.4, -0.2) is 28.0 Å². The van der Waals surface area contributed by atoms with Crippen molar-refractivity contribution in [2.75, 3.05) is 7.11 Å². The zero-order chi connectivity index (χ0) is 13.2. The second-order valence-corrected chi connectivity index (χ2v) is 4.50. The molecule has 0 atom stereocenters. The molecule has 2 aromatic rings. The van der Waals surface area contributed by atoms with E-state index in [9.17, 15) is 4.79 Å². The maximum absolute atomic E-state index is 11.7. The van der Waals surface area contributed by atoms with Gasteiger partial charge in [-0.2, -0.15) is 0 Å². The first-order chi connectivity index (χ1) is 8.55. The molecular formula is C13H15N3O2. The van der Waals surface area contributed by atoms with E-state index in [0.717, 1.165) is 11.3 Å². The topological polar surface area (TPSA) is 67.9 Å². The Kier molecular flexibility index (Phi) is 3.14. The van der Waals surface area contributed by atoms with E-state index in [1.165, 1.54) is 7.11 Å². The Labute approximate surface area is 105 Å². The Morgan fingerprint density at radius 2 is 2.17 bits per heavy atom. The lowest BCUT2D eigenvalue weighted by Gasteiger charge is -2.18. The highest BCUT2D eigenvalue weighted by Crippen LogP contribution is 2.24. The number of nitrogens with zero attached hydrogens (tertiary/aromatic N) is 2. The molecule has 0 aromatic carbocycles. The summed E-state index contributed by atoms with van der Waals surface area (Å²) in [5.74, 6) is 0.253. The molecule has 0 aliphatic carbocycles. The normalized spacial score (nSPS) is 11.3. The minimum atomic E-state index is -0.796. The Hall–Kier alpha value is -2.17. The van der Waals surface area contributed by atoms with Crippen LogP contribution in [0, 0.1) is 0 Å². The highest BCUT2D eigenvalue weighted by Gasteiger charge is 2.34.